The minimum Gasteiger partial charge on any atom is 2.00 e. The maximum atomic E-state index is 10.3. The molecule has 5 unspecified atom stereocenters. The van der Waals surface area contributed by atoms with E-state index >= 15 is 0 Å². The molecule has 0 fully saturated rings. The molecule has 0 saturated carbocycles. The van der Waals surface area contributed by atoms with Crippen molar-refractivity contribution in [3.63, 3.8) is 0 Å². The summed E-state index contributed by atoms with van der Waals surface area (Å²) in [5.41, 5.74) is 0. The van der Waals surface area contributed by atoms with E-state index in [9.17, 15) is 29.1 Å². The summed E-state index contributed by atoms with van der Waals surface area (Å²) in [4.78, 5) is 51.9. The second kappa shape index (κ2) is 44.8. The summed E-state index contributed by atoms with van der Waals surface area (Å²) in [7, 11) is 9.90. The number of Topliss-reactive ketones (excluding diaryl/α,β-unsaturated/α-hetero) is 1. The van der Waals surface area contributed by atoms with Crippen LogP contribution in [0.4, 0.5) is 0 Å². The molecule has 0 saturated heterocycles. The zero-order chi connectivity index (χ0) is 37.7. The Kier molecular flexibility index (Phi) is 51.4. The van der Waals surface area contributed by atoms with Crippen molar-refractivity contribution in [3.05, 3.63) is 0 Å². The predicted octanol–water partition coefficient (Wildman–Crippen LogP) is 5.92. The molecule has 0 aliphatic carbocycles. The fourth-order valence-electron chi connectivity index (χ4n) is 0.845. The van der Waals surface area contributed by atoms with Gasteiger partial charge in [-0.3, -0.25) is 19.2 Å². The Morgan fingerprint density at radius 3 is 1.00 bits per heavy atom. The van der Waals surface area contributed by atoms with E-state index in [0.29, 0.717) is 0 Å². The van der Waals surface area contributed by atoms with Crippen LogP contribution in [0.1, 0.15) is 109 Å². The van der Waals surface area contributed by atoms with Gasteiger partial charge in [0.05, 0.1) is 17.8 Å². The van der Waals surface area contributed by atoms with E-state index in [4.69, 9.17) is 40.2 Å². The number of hydrogen-bond donors (Lipinski definition) is 3. The topological polar surface area (TPSA) is 172 Å². The van der Waals surface area contributed by atoms with Crippen LogP contribution >= 0.6 is 19.4 Å². The Balaban J connectivity index is -0.0000000614. The fraction of sp³-hybridized carbons (Fsp3) is 0.821. The van der Waals surface area contributed by atoms with Crippen LogP contribution in [0, 0.1) is 29.6 Å². The Bertz CT molecular complexity index is 598. The molecule has 0 aliphatic rings. The van der Waals surface area contributed by atoms with Gasteiger partial charge in [0, 0.05) is 17.4 Å². The molecule has 0 aromatic carbocycles. The quantitative estimate of drug-likeness (QED) is 0.240. The van der Waals surface area contributed by atoms with Crippen molar-refractivity contribution in [2.24, 2.45) is 29.6 Å². The van der Waals surface area contributed by atoms with Crippen molar-refractivity contribution in [1.82, 2.24) is 4.90 Å². The second-order valence-electron chi connectivity index (χ2n) is 8.58. The van der Waals surface area contributed by atoms with Crippen LogP contribution in [-0.2, 0) is 58.6 Å². The van der Waals surface area contributed by atoms with Crippen LogP contribution in [0.25, 0.3) is 0 Å². The summed E-state index contributed by atoms with van der Waals surface area (Å²) in [6.07, 6.45) is 0.718. The van der Waals surface area contributed by atoms with Crippen LogP contribution in [0.3, 0.4) is 0 Å². The van der Waals surface area contributed by atoms with Gasteiger partial charge in [-0.25, -0.2) is 0 Å². The van der Waals surface area contributed by atoms with Crippen molar-refractivity contribution in [2.45, 2.75) is 103 Å². The van der Waals surface area contributed by atoms with Crippen molar-refractivity contribution >= 4 is 49.0 Å². The number of carbonyl (C=O) groups excluding carboxylic acids is 2. The molecule has 0 amide bonds. The number of rotatable bonds is 9. The molecule has 0 aromatic rings. The first-order valence-electron chi connectivity index (χ1n) is 15.9. The predicted molar refractivity (Wildman–Crippen MR) is 163 cm³/mol. The van der Waals surface area contributed by atoms with Gasteiger partial charge in [0.25, 0.3) is 0 Å². The maximum absolute atomic E-state index is 10.3. The summed E-state index contributed by atoms with van der Waals surface area (Å²) in [6, 6.07) is 0. The summed E-state index contributed by atoms with van der Waals surface area (Å²) >= 11 is -0.931. The summed E-state index contributed by atoms with van der Waals surface area (Å²) in [6.45, 7) is 21.5. The second-order valence-corrected chi connectivity index (χ2v) is 13.2. The SMILES string of the molecule is CCC(C)C(=O)O.CCN(CC)CC.[3H]CC(C)C(=O)O.[3H]CC(C)C(=O)O.[3H]CC(C)C(=O)[O-].[3H]CC(C)C(C)=O.[Cl][Zn][Cl].[Zn+2]. The number of carboxylic acid groups (broad SMARTS) is 4. The molecule has 0 aliphatic heterocycles. The first-order chi connectivity index (χ1) is 20.7. The van der Waals surface area contributed by atoms with Gasteiger partial charge < -0.3 is 30.1 Å². The van der Waals surface area contributed by atoms with Gasteiger partial charge in [-0.2, -0.15) is 0 Å². The molecule has 0 spiro atoms. The number of carboxylic acids is 4. The largest absolute Gasteiger partial charge is 2.00 e. The molecule has 5 atom stereocenters. The fourth-order valence-corrected chi connectivity index (χ4v) is 0.845. The van der Waals surface area contributed by atoms with Gasteiger partial charge in [-0.1, -0.05) is 89.9 Å². The summed E-state index contributed by atoms with van der Waals surface area (Å²) < 4.78 is 26.4. The molecule has 42 heavy (non-hydrogen) atoms. The average molecular weight is 762 g/mol. The first-order valence-corrected chi connectivity index (χ1v) is 20.9. The van der Waals surface area contributed by atoms with Crippen molar-refractivity contribution in [2.75, 3.05) is 19.6 Å². The van der Waals surface area contributed by atoms with Crippen molar-refractivity contribution in [1.29, 1.82) is 0 Å². The Labute approximate surface area is 289 Å². The van der Waals surface area contributed by atoms with Crippen LogP contribution < -0.4 is 5.11 Å². The van der Waals surface area contributed by atoms with Gasteiger partial charge in [0.15, 0.2) is 0 Å². The number of nitrogens with zero attached hydrogens (tertiary/aromatic N) is 1. The Morgan fingerprint density at radius 2 is 1.00 bits per heavy atom. The van der Waals surface area contributed by atoms with E-state index in [1.165, 1.54) is 47.3 Å². The number of aliphatic carboxylic acids is 4. The molecule has 0 radical (unpaired) electrons. The van der Waals surface area contributed by atoms with E-state index in [1.807, 2.05) is 6.92 Å². The maximum Gasteiger partial charge on any atom is 2.00 e. The number of ketones is 1. The molecular formula is C28H58Cl2NO9Zn2+. The van der Waals surface area contributed by atoms with Gasteiger partial charge in [-0.05, 0) is 38.9 Å². The van der Waals surface area contributed by atoms with Crippen LogP contribution in [0.5, 0.6) is 0 Å². The Hall–Kier alpha value is -0.663. The summed E-state index contributed by atoms with van der Waals surface area (Å²) in [5.74, 6) is -5.43. The van der Waals surface area contributed by atoms with E-state index in [1.54, 1.807) is 13.8 Å². The normalized spacial score (nSPS) is 13.3. The minimum absolute atomic E-state index is 0. The summed E-state index contributed by atoms with van der Waals surface area (Å²) in [5, 5.41) is 34.0. The van der Waals surface area contributed by atoms with Crippen LogP contribution in [0.2, 0.25) is 0 Å². The van der Waals surface area contributed by atoms with Crippen LogP contribution in [-0.4, -0.2) is 69.5 Å². The third kappa shape index (κ3) is 77.4. The molecule has 10 nitrogen and oxygen atoms in total. The smallest absolute Gasteiger partial charge is 2.00 e. The van der Waals surface area contributed by atoms with Gasteiger partial charge in [0.1, 0.15) is 5.78 Å². The molecule has 0 aromatic heterocycles. The number of hydrogen-bond acceptors (Lipinski definition) is 7. The van der Waals surface area contributed by atoms with E-state index < -0.39 is 56.8 Å². The Morgan fingerprint density at radius 1 is 0.714 bits per heavy atom. The molecule has 0 heterocycles. The zero-order valence-electron chi connectivity index (χ0n) is 31.5. The number of halogens is 2. The molecule has 14 heteroatoms. The van der Waals surface area contributed by atoms with Crippen LogP contribution in [0.15, 0.2) is 0 Å². The van der Waals surface area contributed by atoms with Gasteiger partial charge in [-0.15, -0.1) is 0 Å². The van der Waals surface area contributed by atoms with Gasteiger partial charge >= 0.3 is 71.9 Å². The third-order valence-electron chi connectivity index (χ3n) is 4.32. The molecule has 246 valence electrons. The monoisotopic (exact) mass is 758 g/mol. The molecule has 0 bridgehead atoms. The zero-order valence-corrected chi connectivity index (χ0v) is 34.9. The average Bonchev–Trinajstić information content (AvgIpc) is 3.01. The van der Waals surface area contributed by atoms with Gasteiger partial charge in [0.2, 0.25) is 0 Å². The third-order valence-corrected chi connectivity index (χ3v) is 4.32. The standard InChI is InChI=1S/C6H15N.C5H10O2.C5H10O.3C4H8O2.2ClH.2Zn/c1-4-7(5-2)6-3;1-3-4(2)5(6)7;1-4(2)5(3)6;3*1-3(2)4(5)6;;;;/h4-6H2,1-3H3;4H,3H2,1-2H3,(H,6,7);4H,1-3H3;3*3H,1-2H3,(H,5,6);2*1H;;/q;;;;;;;;2*+2/p-3/i;;4*1T;;;;. The van der Waals surface area contributed by atoms with E-state index in [0.717, 1.165) is 6.42 Å². The molecule has 0 rings (SSSR count). The van der Waals surface area contributed by atoms with E-state index in [2.05, 4.69) is 25.7 Å². The first kappa shape index (κ1) is 48.2. The van der Waals surface area contributed by atoms with Crippen molar-refractivity contribution in [3.8, 4) is 0 Å². The molecular weight excluding hydrogens is 696 g/mol. The van der Waals surface area contributed by atoms with E-state index in [-0.39, 0.29) is 64.7 Å². The van der Waals surface area contributed by atoms with Crippen molar-refractivity contribution < 1.29 is 84.5 Å². The molecule has 3 N–H and O–H groups in total. The number of carbonyl (C=O) groups is 5. The minimum atomic E-state index is -1.14.